The van der Waals surface area contributed by atoms with Crippen molar-refractivity contribution < 1.29 is 9.72 Å². The second kappa shape index (κ2) is 8.54. The molecule has 0 atom stereocenters. The number of para-hydroxylation sites is 1. The fourth-order valence-electron chi connectivity index (χ4n) is 3.89. The molecule has 146 valence electrons. The van der Waals surface area contributed by atoms with Gasteiger partial charge >= 0.3 is 0 Å². The summed E-state index contributed by atoms with van der Waals surface area (Å²) < 4.78 is 1.91. The predicted octanol–water partition coefficient (Wildman–Crippen LogP) is 4.28. The van der Waals surface area contributed by atoms with E-state index in [0.717, 1.165) is 42.6 Å². The summed E-state index contributed by atoms with van der Waals surface area (Å²) in [4.78, 5) is 22.7. The summed E-state index contributed by atoms with van der Waals surface area (Å²) in [6, 6.07) is 14.7. The lowest BCUT2D eigenvalue weighted by Gasteiger charge is -2.16. The van der Waals surface area contributed by atoms with Gasteiger partial charge in [-0.1, -0.05) is 30.3 Å². The highest BCUT2D eigenvalue weighted by atomic mass is 35.5. The van der Waals surface area contributed by atoms with Crippen LogP contribution in [0.4, 0.5) is 5.69 Å². The number of nitro benzene ring substituents is 1. The van der Waals surface area contributed by atoms with Gasteiger partial charge in [0.25, 0.3) is 5.69 Å². The highest BCUT2D eigenvalue weighted by Crippen LogP contribution is 2.30. The lowest BCUT2D eigenvalue weighted by atomic mass is 10.0. The maximum atomic E-state index is 12.4. The second-order valence-electron chi connectivity index (χ2n) is 6.88. The van der Waals surface area contributed by atoms with Crippen molar-refractivity contribution in [2.75, 3.05) is 6.54 Å². The molecular weight excluding hydrogens is 378 g/mol. The Morgan fingerprint density at radius 2 is 1.82 bits per heavy atom. The van der Waals surface area contributed by atoms with E-state index >= 15 is 0 Å². The maximum absolute atomic E-state index is 12.4. The lowest BCUT2D eigenvalue weighted by Crippen LogP contribution is -2.21. The maximum Gasteiger partial charge on any atom is 0.269 e. The molecule has 28 heavy (non-hydrogen) atoms. The molecule has 3 aromatic rings. The van der Waals surface area contributed by atoms with Crippen LogP contribution in [-0.2, 0) is 19.4 Å². The number of carbonyl (C=O) groups is 1. The molecule has 0 saturated heterocycles. The minimum atomic E-state index is -0.389. The number of hydrogen-bond donors (Lipinski definition) is 1. The summed E-state index contributed by atoms with van der Waals surface area (Å²) in [6.45, 7) is 1.44. The van der Waals surface area contributed by atoms with Gasteiger partial charge in [-0.2, -0.15) is 0 Å². The third kappa shape index (κ3) is 3.79. The van der Waals surface area contributed by atoms with Crippen molar-refractivity contribution in [2.24, 2.45) is 0 Å². The Hall–Kier alpha value is -2.70. The third-order valence-corrected chi connectivity index (χ3v) is 5.17. The smallest absolute Gasteiger partial charge is 0.269 e. The van der Waals surface area contributed by atoms with E-state index in [0.29, 0.717) is 13.0 Å². The normalized spacial score (nSPS) is 13.2. The van der Waals surface area contributed by atoms with Crippen LogP contribution in [0.5, 0.6) is 0 Å². The predicted molar refractivity (Wildman–Crippen MR) is 111 cm³/mol. The quantitative estimate of drug-likeness (QED) is 0.381. The van der Waals surface area contributed by atoms with Crippen LogP contribution < -0.4 is 5.32 Å². The van der Waals surface area contributed by atoms with E-state index < -0.39 is 0 Å². The molecule has 6 nitrogen and oxygen atoms in total. The molecule has 0 spiro atoms. The van der Waals surface area contributed by atoms with Crippen LogP contribution in [0.3, 0.4) is 0 Å². The SMILES string of the molecule is Cl.O=C1CCCc2c(CCNCc3ccc([N+](=O)[O-])cc3)c3ccccc3n21. The number of halogens is 1. The number of nitrogens with zero attached hydrogens (tertiary/aromatic N) is 2. The van der Waals surface area contributed by atoms with E-state index in [1.54, 1.807) is 12.1 Å². The lowest BCUT2D eigenvalue weighted by molar-refractivity contribution is -0.384. The molecule has 2 heterocycles. The van der Waals surface area contributed by atoms with Crippen molar-refractivity contribution in [3.05, 3.63) is 75.5 Å². The standard InChI is InChI=1S/C21H21N3O3.ClH/c25-21-7-3-6-20-18(17-4-1-2-5-19(17)23(20)21)12-13-22-14-15-8-10-16(11-9-15)24(26)27;/h1-2,4-5,8-11,22H,3,6-7,12-14H2;1H. The van der Waals surface area contributed by atoms with Crippen LogP contribution in [0.15, 0.2) is 48.5 Å². The van der Waals surface area contributed by atoms with E-state index in [1.807, 2.05) is 22.8 Å². The Morgan fingerprint density at radius 3 is 2.57 bits per heavy atom. The van der Waals surface area contributed by atoms with Gasteiger partial charge in [0.15, 0.2) is 0 Å². The van der Waals surface area contributed by atoms with Gasteiger partial charge < -0.3 is 5.32 Å². The van der Waals surface area contributed by atoms with Crippen LogP contribution in [0.2, 0.25) is 0 Å². The number of non-ortho nitro benzene ring substituents is 1. The molecule has 0 unspecified atom stereocenters. The molecule has 0 radical (unpaired) electrons. The Kier molecular flexibility index (Phi) is 6.11. The van der Waals surface area contributed by atoms with Crippen LogP contribution in [0, 0.1) is 10.1 Å². The fraction of sp³-hybridized carbons (Fsp3) is 0.286. The molecule has 2 aromatic carbocycles. The summed E-state index contributed by atoms with van der Waals surface area (Å²) >= 11 is 0. The molecule has 1 aliphatic heterocycles. The van der Waals surface area contributed by atoms with Crippen LogP contribution in [0.1, 0.15) is 34.5 Å². The van der Waals surface area contributed by atoms with Crippen molar-refractivity contribution in [3.8, 4) is 0 Å². The second-order valence-corrected chi connectivity index (χ2v) is 6.88. The largest absolute Gasteiger partial charge is 0.312 e. The molecule has 1 aliphatic rings. The van der Waals surface area contributed by atoms with Crippen molar-refractivity contribution in [3.63, 3.8) is 0 Å². The Labute approximate surface area is 169 Å². The highest BCUT2D eigenvalue weighted by molar-refractivity contribution is 5.96. The number of nitrogens with one attached hydrogen (secondary N) is 1. The van der Waals surface area contributed by atoms with Crippen molar-refractivity contribution >= 4 is 34.9 Å². The average Bonchev–Trinajstić information content (AvgIpc) is 3.01. The van der Waals surface area contributed by atoms with Gasteiger partial charge in [0.1, 0.15) is 0 Å². The number of rotatable bonds is 6. The van der Waals surface area contributed by atoms with Gasteiger partial charge in [0.2, 0.25) is 5.91 Å². The number of aromatic nitrogens is 1. The first-order valence-electron chi connectivity index (χ1n) is 9.23. The van der Waals surface area contributed by atoms with Crippen LogP contribution in [0.25, 0.3) is 10.9 Å². The van der Waals surface area contributed by atoms with Gasteiger partial charge in [-0.15, -0.1) is 12.4 Å². The fourth-order valence-corrected chi connectivity index (χ4v) is 3.89. The van der Waals surface area contributed by atoms with Crippen molar-refractivity contribution in [1.82, 2.24) is 9.88 Å². The van der Waals surface area contributed by atoms with Crippen LogP contribution in [-0.4, -0.2) is 21.9 Å². The molecule has 1 aromatic heterocycles. The Morgan fingerprint density at radius 1 is 1.07 bits per heavy atom. The van der Waals surface area contributed by atoms with Gasteiger partial charge in [-0.25, -0.2) is 0 Å². The zero-order chi connectivity index (χ0) is 18.8. The molecule has 1 N–H and O–H groups in total. The van der Waals surface area contributed by atoms with Gasteiger partial charge in [-0.3, -0.25) is 19.5 Å². The van der Waals surface area contributed by atoms with E-state index in [-0.39, 0.29) is 28.9 Å². The van der Waals surface area contributed by atoms with Crippen molar-refractivity contribution in [1.29, 1.82) is 0 Å². The summed E-state index contributed by atoms with van der Waals surface area (Å²) in [5, 5.41) is 15.3. The summed E-state index contributed by atoms with van der Waals surface area (Å²) in [5.74, 6) is 0.192. The highest BCUT2D eigenvalue weighted by Gasteiger charge is 2.23. The van der Waals surface area contributed by atoms with Gasteiger partial charge in [0.05, 0.1) is 10.4 Å². The van der Waals surface area contributed by atoms with E-state index in [1.165, 1.54) is 23.1 Å². The van der Waals surface area contributed by atoms with E-state index in [9.17, 15) is 14.9 Å². The third-order valence-electron chi connectivity index (χ3n) is 5.17. The summed E-state index contributed by atoms with van der Waals surface area (Å²) in [6.07, 6.45) is 3.32. The summed E-state index contributed by atoms with van der Waals surface area (Å²) in [5.41, 5.74) is 4.55. The van der Waals surface area contributed by atoms with Gasteiger partial charge in [0, 0.05) is 36.2 Å². The number of carbonyl (C=O) groups excluding carboxylic acids is 1. The van der Waals surface area contributed by atoms with Gasteiger partial charge in [-0.05, 0) is 43.0 Å². The van der Waals surface area contributed by atoms with E-state index in [2.05, 4.69) is 11.4 Å². The Bertz CT molecular complexity index is 1010. The molecule has 0 amide bonds. The Balaban J connectivity index is 0.00000225. The topological polar surface area (TPSA) is 77.2 Å². The number of fused-ring (bicyclic) bond motifs is 3. The molecule has 4 rings (SSSR count). The summed E-state index contributed by atoms with van der Waals surface area (Å²) in [7, 11) is 0. The number of nitro groups is 1. The van der Waals surface area contributed by atoms with Crippen molar-refractivity contribution in [2.45, 2.75) is 32.2 Å². The van der Waals surface area contributed by atoms with E-state index in [4.69, 9.17) is 0 Å². The minimum Gasteiger partial charge on any atom is -0.312 e. The number of benzene rings is 2. The number of hydrogen-bond acceptors (Lipinski definition) is 4. The molecule has 0 saturated carbocycles. The van der Waals surface area contributed by atoms with Crippen LogP contribution >= 0.6 is 12.4 Å². The average molecular weight is 400 g/mol. The molecule has 0 aliphatic carbocycles. The first-order valence-corrected chi connectivity index (χ1v) is 9.23. The zero-order valence-corrected chi connectivity index (χ0v) is 16.2. The molecular formula is C21H22ClN3O3. The zero-order valence-electron chi connectivity index (χ0n) is 15.4. The minimum absolute atomic E-state index is 0. The molecule has 7 heteroatoms. The molecule has 0 bridgehead atoms. The monoisotopic (exact) mass is 399 g/mol. The molecule has 0 fully saturated rings. The first kappa shape index (κ1) is 20.0. The first-order chi connectivity index (χ1) is 13.1.